The molecule has 1 aliphatic heterocycles. The Morgan fingerprint density at radius 1 is 1.00 bits per heavy atom. The normalized spacial score (nSPS) is 16.6. The molecule has 7 nitrogen and oxygen atoms in total. The van der Waals surface area contributed by atoms with Gasteiger partial charge in [0.25, 0.3) is 0 Å². The average molecular weight is 439 g/mol. The summed E-state index contributed by atoms with van der Waals surface area (Å²) in [4.78, 5) is 2.00. The first-order valence-electron chi connectivity index (χ1n) is 11.5. The van der Waals surface area contributed by atoms with E-state index in [1.807, 2.05) is 24.8 Å². The van der Waals surface area contributed by atoms with E-state index in [0.717, 1.165) is 35.3 Å². The molecule has 1 heterocycles. The number of rotatable bonds is 11. The van der Waals surface area contributed by atoms with Crippen molar-refractivity contribution in [2.75, 3.05) is 37.1 Å². The predicted octanol–water partition coefficient (Wildman–Crippen LogP) is 4.37. The van der Waals surface area contributed by atoms with Crippen LogP contribution in [0.2, 0.25) is 0 Å². The Labute approximate surface area is 187 Å². The summed E-state index contributed by atoms with van der Waals surface area (Å²) in [5.41, 5.74) is 9.77. The highest BCUT2D eigenvalue weighted by atomic mass is 16.9. The lowest BCUT2D eigenvalue weighted by Gasteiger charge is -2.57. The van der Waals surface area contributed by atoms with E-state index < -0.39 is 17.4 Å². The van der Waals surface area contributed by atoms with Crippen LogP contribution >= 0.6 is 0 Å². The fourth-order valence-electron chi connectivity index (χ4n) is 4.51. The highest BCUT2D eigenvalue weighted by Gasteiger charge is 2.64. The van der Waals surface area contributed by atoms with E-state index in [1.54, 1.807) is 13.8 Å². The number of aryl methyl sites for hydroxylation is 1. The molecule has 0 fully saturated rings. The Morgan fingerprint density at radius 3 is 1.97 bits per heavy atom. The number of hydrogen-bond acceptors (Lipinski definition) is 7. The molecular formula is C24H42N2O5. The molecule has 0 aromatic heterocycles. The van der Waals surface area contributed by atoms with Gasteiger partial charge < -0.3 is 34.7 Å². The van der Waals surface area contributed by atoms with Crippen molar-refractivity contribution in [1.29, 1.82) is 0 Å². The second kappa shape index (κ2) is 10.0. The van der Waals surface area contributed by atoms with Gasteiger partial charge in [-0.3, -0.25) is 0 Å². The highest BCUT2D eigenvalue weighted by molar-refractivity contribution is 5.67. The number of nitrogens with zero attached hydrogens (tertiary/aromatic N) is 1. The van der Waals surface area contributed by atoms with Gasteiger partial charge >= 0.3 is 11.9 Å². The molecule has 0 amide bonds. The molecule has 0 bridgehead atoms. The molecule has 31 heavy (non-hydrogen) atoms. The second-order valence-corrected chi connectivity index (χ2v) is 8.81. The molecule has 2 rings (SSSR count). The number of aliphatic hydroxyl groups is 1. The van der Waals surface area contributed by atoms with Crippen molar-refractivity contribution in [3.8, 4) is 0 Å². The van der Waals surface area contributed by atoms with E-state index >= 15 is 0 Å². The van der Waals surface area contributed by atoms with Gasteiger partial charge in [0.1, 0.15) is 0 Å². The monoisotopic (exact) mass is 438 g/mol. The first kappa shape index (κ1) is 25.9. The van der Waals surface area contributed by atoms with Gasteiger partial charge in [0.05, 0.1) is 0 Å². The zero-order valence-electron chi connectivity index (χ0n) is 20.6. The lowest BCUT2D eigenvalue weighted by atomic mass is 9.84. The number of fused-ring (bicyclic) bond motifs is 1. The molecule has 0 saturated heterocycles. The van der Waals surface area contributed by atoms with E-state index in [1.165, 1.54) is 0 Å². The number of anilines is 2. The minimum atomic E-state index is -2.15. The summed E-state index contributed by atoms with van der Waals surface area (Å²) in [5, 5.41) is 11.8. The molecule has 0 spiro atoms. The molecule has 0 atom stereocenters. The summed E-state index contributed by atoms with van der Waals surface area (Å²) in [6.45, 7) is 16.8. The molecule has 1 aromatic carbocycles. The Morgan fingerprint density at radius 2 is 1.52 bits per heavy atom. The third-order valence-corrected chi connectivity index (χ3v) is 5.81. The number of benzene rings is 1. The van der Waals surface area contributed by atoms with Gasteiger partial charge in [-0.15, -0.1) is 0 Å². The summed E-state index contributed by atoms with van der Waals surface area (Å²) < 4.78 is 24.2. The van der Waals surface area contributed by atoms with Crippen LogP contribution in [0.4, 0.5) is 11.4 Å². The van der Waals surface area contributed by atoms with Gasteiger partial charge in [0, 0.05) is 43.3 Å². The SMILES string of the molecule is CCOC(O)(OCC)C(OCC)(OCC)N1c2cc(C(C)C)c(N)cc2CCC1(C)C. The Balaban J connectivity index is 2.87. The van der Waals surface area contributed by atoms with Crippen LogP contribution in [0.15, 0.2) is 12.1 Å². The third kappa shape index (κ3) is 4.71. The van der Waals surface area contributed by atoms with Crippen molar-refractivity contribution in [2.45, 2.75) is 91.6 Å². The average Bonchev–Trinajstić information content (AvgIpc) is 2.67. The quantitative estimate of drug-likeness (QED) is 0.392. The fraction of sp³-hybridized carbons (Fsp3) is 0.750. The van der Waals surface area contributed by atoms with Crippen molar-refractivity contribution >= 4 is 11.4 Å². The first-order chi connectivity index (χ1) is 14.5. The number of ether oxygens (including phenoxy) is 4. The zero-order valence-corrected chi connectivity index (χ0v) is 20.6. The summed E-state index contributed by atoms with van der Waals surface area (Å²) >= 11 is 0. The zero-order chi connectivity index (χ0) is 23.4. The lowest BCUT2D eigenvalue weighted by Crippen LogP contribution is -2.75. The van der Waals surface area contributed by atoms with Crippen LogP contribution < -0.4 is 10.6 Å². The Bertz CT molecular complexity index is 723. The molecular weight excluding hydrogens is 396 g/mol. The number of nitrogen functional groups attached to an aromatic ring is 1. The molecule has 3 N–H and O–H groups in total. The molecule has 0 aliphatic carbocycles. The van der Waals surface area contributed by atoms with E-state index in [9.17, 15) is 5.11 Å². The molecule has 1 aromatic rings. The second-order valence-electron chi connectivity index (χ2n) is 8.81. The van der Waals surface area contributed by atoms with Gasteiger partial charge in [0.2, 0.25) is 0 Å². The van der Waals surface area contributed by atoms with Gasteiger partial charge in [-0.2, -0.15) is 0 Å². The molecule has 178 valence electrons. The summed E-state index contributed by atoms with van der Waals surface area (Å²) in [7, 11) is 0. The van der Waals surface area contributed by atoms with E-state index in [2.05, 4.69) is 33.8 Å². The van der Waals surface area contributed by atoms with Crippen molar-refractivity contribution in [3.05, 3.63) is 23.3 Å². The fourth-order valence-corrected chi connectivity index (χ4v) is 4.51. The highest BCUT2D eigenvalue weighted by Crippen LogP contribution is 2.48. The van der Waals surface area contributed by atoms with Crippen molar-refractivity contribution in [3.63, 3.8) is 0 Å². The largest absolute Gasteiger partial charge is 0.398 e. The standard InChI is InChI=1S/C24H42N2O5/c1-9-28-23(29-10-2,24(27,30-11-3)31-12-4)26-21-16-19(17(5)6)20(25)15-18(21)13-14-22(26,7)8/h15-17,27H,9-14,25H2,1-8H3. The lowest BCUT2D eigenvalue weighted by molar-refractivity contribution is -0.487. The van der Waals surface area contributed by atoms with E-state index in [-0.39, 0.29) is 32.3 Å². The van der Waals surface area contributed by atoms with E-state index in [0.29, 0.717) is 0 Å². The molecule has 0 saturated carbocycles. The topological polar surface area (TPSA) is 86.4 Å². The first-order valence-corrected chi connectivity index (χ1v) is 11.5. The van der Waals surface area contributed by atoms with Crippen LogP contribution in [0.5, 0.6) is 0 Å². The summed E-state index contributed by atoms with van der Waals surface area (Å²) in [6, 6.07) is 4.14. The minimum absolute atomic E-state index is 0.221. The number of nitrogens with two attached hydrogens (primary N) is 1. The molecule has 0 radical (unpaired) electrons. The summed E-state index contributed by atoms with van der Waals surface area (Å²) in [6.07, 6.45) is 1.67. The van der Waals surface area contributed by atoms with Crippen LogP contribution in [-0.4, -0.2) is 49.0 Å². The van der Waals surface area contributed by atoms with Crippen molar-refractivity contribution in [2.24, 2.45) is 0 Å². The molecule has 0 unspecified atom stereocenters. The third-order valence-electron chi connectivity index (χ3n) is 5.81. The molecule has 1 aliphatic rings. The molecule has 7 heteroatoms. The van der Waals surface area contributed by atoms with Crippen LogP contribution in [-0.2, 0) is 25.4 Å². The van der Waals surface area contributed by atoms with Gasteiger partial charge in [-0.05, 0) is 83.6 Å². The van der Waals surface area contributed by atoms with E-state index in [4.69, 9.17) is 24.7 Å². The van der Waals surface area contributed by atoms with Gasteiger partial charge in [-0.1, -0.05) is 13.8 Å². The van der Waals surface area contributed by atoms with Crippen molar-refractivity contribution in [1.82, 2.24) is 0 Å². The maximum Gasteiger partial charge on any atom is 0.360 e. The maximum atomic E-state index is 11.8. The van der Waals surface area contributed by atoms with Crippen LogP contribution in [0.25, 0.3) is 0 Å². The van der Waals surface area contributed by atoms with Gasteiger partial charge in [0.15, 0.2) is 0 Å². The van der Waals surface area contributed by atoms with Crippen LogP contribution in [0.3, 0.4) is 0 Å². The Kier molecular flexibility index (Phi) is 8.39. The van der Waals surface area contributed by atoms with Crippen LogP contribution in [0.1, 0.15) is 78.9 Å². The van der Waals surface area contributed by atoms with Gasteiger partial charge in [-0.25, -0.2) is 0 Å². The number of hydrogen-bond donors (Lipinski definition) is 2. The smallest absolute Gasteiger partial charge is 0.360 e. The van der Waals surface area contributed by atoms with Crippen molar-refractivity contribution < 1.29 is 24.1 Å². The predicted molar refractivity (Wildman–Crippen MR) is 124 cm³/mol. The summed E-state index contributed by atoms with van der Waals surface area (Å²) in [5.74, 6) is -3.62. The van der Waals surface area contributed by atoms with Crippen LogP contribution in [0, 0.1) is 0 Å². The maximum absolute atomic E-state index is 11.8. The Hall–Kier alpha value is -1.38. The minimum Gasteiger partial charge on any atom is -0.398 e.